The third-order valence-corrected chi connectivity index (χ3v) is 13.4. The molecule has 0 aromatic rings. The molecule has 394 valence electrons. The molecule has 6 atom stereocenters. The molecule has 0 radical (unpaired) electrons. The smallest absolute Gasteiger partial charge is 0.335 e. The summed E-state index contributed by atoms with van der Waals surface area (Å²) >= 11 is 0. The van der Waals surface area contributed by atoms with E-state index >= 15 is 0 Å². The lowest BCUT2D eigenvalue weighted by atomic mass is 9.99. The molecule has 1 aliphatic heterocycles. The molecule has 1 aliphatic rings. The molecule has 0 bridgehead atoms. The molecule has 1 saturated heterocycles. The van der Waals surface area contributed by atoms with Gasteiger partial charge in [0.25, 0.3) is 0 Å². The van der Waals surface area contributed by atoms with Gasteiger partial charge in [-0.05, 0) is 38.5 Å². The summed E-state index contributed by atoms with van der Waals surface area (Å²) in [6.45, 7) is 3.87. The lowest BCUT2D eigenvalue weighted by molar-refractivity contribution is -0.298. The average Bonchev–Trinajstić information content (AvgIpc) is 3.31. The summed E-state index contributed by atoms with van der Waals surface area (Å²) in [7, 11) is 0. The van der Waals surface area contributed by atoms with Crippen molar-refractivity contribution < 1.29 is 53.8 Å². The Labute approximate surface area is 409 Å². The summed E-state index contributed by atoms with van der Waals surface area (Å²) in [5.41, 5.74) is 0. The van der Waals surface area contributed by atoms with Gasteiger partial charge in [-0.2, -0.15) is 0 Å². The van der Waals surface area contributed by atoms with Crippen molar-refractivity contribution in [1.82, 2.24) is 0 Å². The number of allylic oxidation sites excluding steroid dienone is 2. The van der Waals surface area contributed by atoms with Gasteiger partial charge in [0.05, 0.1) is 6.61 Å². The van der Waals surface area contributed by atoms with Gasteiger partial charge in [-0.3, -0.25) is 9.59 Å². The van der Waals surface area contributed by atoms with Crippen LogP contribution in [0, 0.1) is 0 Å². The van der Waals surface area contributed by atoms with Crippen LogP contribution in [-0.2, 0) is 33.3 Å². The van der Waals surface area contributed by atoms with E-state index in [4.69, 9.17) is 18.9 Å². The predicted octanol–water partition coefficient (Wildman–Crippen LogP) is 13.9. The van der Waals surface area contributed by atoms with Gasteiger partial charge in [0.15, 0.2) is 18.5 Å². The molecule has 0 aliphatic carbocycles. The van der Waals surface area contributed by atoms with E-state index in [1.807, 2.05) is 0 Å². The zero-order valence-corrected chi connectivity index (χ0v) is 43.2. The number of ether oxygens (including phenoxy) is 4. The fourth-order valence-electron chi connectivity index (χ4n) is 8.94. The highest BCUT2D eigenvalue weighted by Gasteiger charge is 2.47. The highest BCUT2D eigenvalue weighted by atomic mass is 16.7. The van der Waals surface area contributed by atoms with Crippen molar-refractivity contribution in [3.63, 3.8) is 0 Å². The van der Waals surface area contributed by atoms with E-state index in [1.165, 1.54) is 199 Å². The monoisotopic (exact) mass is 953 g/mol. The summed E-state index contributed by atoms with van der Waals surface area (Å²) in [5, 5.41) is 40.0. The maximum atomic E-state index is 12.9. The average molecular weight is 953 g/mol. The zero-order valence-electron chi connectivity index (χ0n) is 43.2. The molecule has 0 spiro atoms. The van der Waals surface area contributed by atoms with Crippen molar-refractivity contribution in [3.05, 3.63) is 12.2 Å². The molecule has 1 fully saturated rings. The van der Waals surface area contributed by atoms with Gasteiger partial charge in [0, 0.05) is 12.8 Å². The first-order chi connectivity index (χ1) is 32.7. The molecule has 4 N–H and O–H groups in total. The standard InChI is InChI=1S/C56H104O11/c1-3-5-7-9-11-13-15-17-19-21-23-24-25-27-29-31-33-35-37-39-41-43-45-50(58)66-48(47-65-56-53(61)51(59)52(60)54(67-56)55(62)63)46-64-49(57)44-42-40-38-36-34-32-30-28-26-22-20-18-16-14-12-10-8-6-4-2/h18,20,48,51-54,56,59-61H,3-17,19,21-47H2,1-2H3,(H,62,63)/b20-18-. The van der Waals surface area contributed by atoms with Crippen molar-refractivity contribution >= 4 is 17.9 Å². The summed E-state index contributed by atoms with van der Waals surface area (Å²) < 4.78 is 21.9. The fourth-order valence-corrected chi connectivity index (χ4v) is 8.94. The Kier molecular flexibility index (Phi) is 43.5. The van der Waals surface area contributed by atoms with E-state index in [1.54, 1.807) is 0 Å². The highest BCUT2D eigenvalue weighted by Crippen LogP contribution is 2.23. The third kappa shape index (κ3) is 37.5. The van der Waals surface area contributed by atoms with E-state index in [9.17, 15) is 34.8 Å². The number of hydrogen-bond acceptors (Lipinski definition) is 10. The lowest BCUT2D eigenvalue weighted by Crippen LogP contribution is -2.60. The first-order valence-corrected chi connectivity index (χ1v) is 28.2. The van der Waals surface area contributed by atoms with E-state index in [0.29, 0.717) is 12.8 Å². The van der Waals surface area contributed by atoms with Gasteiger partial charge in [0.1, 0.15) is 24.9 Å². The minimum Gasteiger partial charge on any atom is -0.479 e. The van der Waals surface area contributed by atoms with Crippen LogP contribution in [0.1, 0.15) is 277 Å². The molecule has 6 unspecified atom stereocenters. The zero-order chi connectivity index (χ0) is 48.8. The van der Waals surface area contributed by atoms with Crippen LogP contribution in [0.25, 0.3) is 0 Å². The number of unbranched alkanes of at least 4 members (excludes halogenated alkanes) is 36. The number of rotatable bonds is 49. The van der Waals surface area contributed by atoms with Crippen LogP contribution in [0.2, 0.25) is 0 Å². The van der Waals surface area contributed by atoms with Crippen LogP contribution >= 0.6 is 0 Å². The highest BCUT2D eigenvalue weighted by molar-refractivity contribution is 5.73. The quantitative estimate of drug-likeness (QED) is 0.0260. The molecule has 0 aromatic carbocycles. The number of aliphatic carboxylic acids is 1. The number of carboxylic acid groups (broad SMARTS) is 1. The van der Waals surface area contributed by atoms with Crippen LogP contribution < -0.4 is 0 Å². The third-order valence-electron chi connectivity index (χ3n) is 13.4. The first-order valence-electron chi connectivity index (χ1n) is 28.2. The van der Waals surface area contributed by atoms with E-state index < -0.39 is 54.7 Å². The Morgan fingerprint density at radius 3 is 1.16 bits per heavy atom. The van der Waals surface area contributed by atoms with Crippen LogP contribution in [0.4, 0.5) is 0 Å². The van der Waals surface area contributed by atoms with Gasteiger partial charge < -0.3 is 39.4 Å². The molecular weight excluding hydrogens is 849 g/mol. The minimum atomic E-state index is -1.86. The van der Waals surface area contributed by atoms with Crippen LogP contribution in [0.3, 0.4) is 0 Å². The molecule has 0 aromatic heterocycles. The van der Waals surface area contributed by atoms with E-state index in [0.717, 1.165) is 38.5 Å². The molecule has 11 nitrogen and oxygen atoms in total. The molecule has 1 heterocycles. The van der Waals surface area contributed by atoms with Gasteiger partial charge in [-0.1, -0.05) is 238 Å². The van der Waals surface area contributed by atoms with Crippen molar-refractivity contribution in [2.75, 3.05) is 13.2 Å². The van der Waals surface area contributed by atoms with E-state index in [-0.39, 0.29) is 26.1 Å². The second-order valence-electron chi connectivity index (χ2n) is 19.8. The molecule has 67 heavy (non-hydrogen) atoms. The van der Waals surface area contributed by atoms with Crippen molar-refractivity contribution in [1.29, 1.82) is 0 Å². The second kappa shape index (κ2) is 46.3. The summed E-state index contributed by atoms with van der Waals surface area (Å²) in [5.74, 6) is -2.42. The topological polar surface area (TPSA) is 169 Å². The minimum absolute atomic E-state index is 0.189. The second-order valence-corrected chi connectivity index (χ2v) is 19.8. The predicted molar refractivity (Wildman–Crippen MR) is 271 cm³/mol. The first kappa shape index (κ1) is 63.0. The fraction of sp³-hybridized carbons (Fsp3) is 0.911. The molecule has 1 rings (SSSR count). The number of hydrogen-bond donors (Lipinski definition) is 4. The van der Waals surface area contributed by atoms with Crippen molar-refractivity contribution in [2.24, 2.45) is 0 Å². The van der Waals surface area contributed by atoms with Crippen molar-refractivity contribution in [3.8, 4) is 0 Å². The Balaban J connectivity index is 2.24. The van der Waals surface area contributed by atoms with Gasteiger partial charge >= 0.3 is 17.9 Å². The largest absolute Gasteiger partial charge is 0.479 e. The molecule has 0 amide bonds. The summed E-state index contributed by atoms with van der Waals surface area (Å²) in [4.78, 5) is 37.1. The van der Waals surface area contributed by atoms with Gasteiger partial charge in [-0.25, -0.2) is 4.79 Å². The summed E-state index contributed by atoms with van der Waals surface area (Å²) in [6, 6.07) is 0. The SMILES string of the molecule is CCCCCCCC/C=C\CCCCCCCCCCCC(=O)OCC(COC1OC(C(=O)O)C(O)C(O)C1O)OC(=O)CCCCCCCCCCCCCCCCCCCCCCCC. The molecule has 0 saturated carbocycles. The maximum absolute atomic E-state index is 12.9. The van der Waals surface area contributed by atoms with E-state index in [2.05, 4.69) is 26.0 Å². The Bertz CT molecular complexity index is 1160. The number of aliphatic hydroxyl groups is 3. The van der Waals surface area contributed by atoms with Gasteiger partial charge in [0.2, 0.25) is 0 Å². The van der Waals surface area contributed by atoms with Crippen LogP contribution in [0.5, 0.6) is 0 Å². The Hall–Kier alpha value is -2.05. The Morgan fingerprint density at radius 2 is 0.791 bits per heavy atom. The van der Waals surface area contributed by atoms with Crippen LogP contribution in [-0.4, -0.2) is 88.4 Å². The lowest BCUT2D eigenvalue weighted by Gasteiger charge is -2.38. The molecular formula is C56H104O11. The number of carboxylic acids is 1. The maximum Gasteiger partial charge on any atom is 0.335 e. The Morgan fingerprint density at radius 1 is 0.448 bits per heavy atom. The number of carbonyl (C=O) groups excluding carboxylic acids is 2. The molecule has 11 heteroatoms. The van der Waals surface area contributed by atoms with Crippen LogP contribution in [0.15, 0.2) is 12.2 Å². The number of carbonyl (C=O) groups is 3. The number of esters is 2. The summed E-state index contributed by atoms with van der Waals surface area (Å²) in [6.07, 6.45) is 44.1. The normalized spacial score (nSPS) is 19.0. The van der Waals surface area contributed by atoms with Crippen molar-refractivity contribution in [2.45, 2.75) is 314 Å². The number of aliphatic hydroxyl groups excluding tert-OH is 3. The van der Waals surface area contributed by atoms with Gasteiger partial charge in [-0.15, -0.1) is 0 Å².